The number of allylic oxidation sites excluding steroid dienone is 2. The van der Waals surface area contributed by atoms with Crippen molar-refractivity contribution >= 4 is 23.8 Å². The highest BCUT2D eigenvalue weighted by molar-refractivity contribution is 6.09. The molecule has 0 atom stereocenters. The Morgan fingerprint density at radius 3 is 2.12 bits per heavy atom. The first-order valence-corrected chi connectivity index (χ1v) is 8.80. The van der Waals surface area contributed by atoms with Gasteiger partial charge >= 0.3 is 0 Å². The number of aliphatic imine (C=N–C) groups is 1. The first-order chi connectivity index (χ1) is 12.7. The number of benzene rings is 2. The second-order valence-electron chi connectivity index (χ2n) is 6.30. The molecule has 0 aromatic heterocycles. The summed E-state index contributed by atoms with van der Waals surface area (Å²) in [4.78, 5) is 4.31. The average molecular weight is 344 g/mol. The number of hydrazone groups is 1. The second-order valence-corrected chi connectivity index (χ2v) is 6.30. The Kier molecular flexibility index (Phi) is 5.99. The second kappa shape index (κ2) is 8.81. The fourth-order valence-electron chi connectivity index (χ4n) is 2.63. The lowest BCUT2D eigenvalue weighted by molar-refractivity contribution is 0.918. The van der Waals surface area contributed by atoms with Crippen molar-refractivity contribution in [2.75, 3.05) is 13.1 Å². The summed E-state index contributed by atoms with van der Waals surface area (Å²) in [5.41, 5.74) is 8.61. The van der Waals surface area contributed by atoms with E-state index in [0.717, 1.165) is 35.9 Å². The maximum atomic E-state index is 4.48. The highest BCUT2D eigenvalue weighted by atomic mass is 15.4. The largest absolute Gasteiger partial charge is 0.353 e. The minimum Gasteiger partial charge on any atom is -0.353 e. The van der Waals surface area contributed by atoms with E-state index in [2.05, 4.69) is 95.4 Å². The lowest BCUT2D eigenvalue weighted by atomic mass is 10.1. The quantitative estimate of drug-likeness (QED) is 0.638. The van der Waals surface area contributed by atoms with Crippen molar-refractivity contribution in [3.63, 3.8) is 0 Å². The summed E-state index contributed by atoms with van der Waals surface area (Å²) in [6.07, 6.45) is 8.14. The van der Waals surface area contributed by atoms with Crippen LogP contribution in [0.1, 0.15) is 22.3 Å². The molecule has 0 saturated heterocycles. The summed E-state index contributed by atoms with van der Waals surface area (Å²) in [5, 5.41) is 7.64. The predicted molar refractivity (Wildman–Crippen MR) is 111 cm³/mol. The zero-order valence-corrected chi connectivity index (χ0v) is 15.2. The number of guanidine groups is 1. The van der Waals surface area contributed by atoms with E-state index >= 15 is 0 Å². The molecule has 0 fully saturated rings. The SMILES string of the molecule is Cc1cccc(C=CC(C=Cc2cccc(C)c2)=NNC2=NCCN2)c1. The van der Waals surface area contributed by atoms with Crippen LogP contribution in [0, 0.1) is 13.8 Å². The highest BCUT2D eigenvalue weighted by Gasteiger charge is 2.02. The Morgan fingerprint density at radius 1 is 1.00 bits per heavy atom. The third kappa shape index (κ3) is 5.45. The summed E-state index contributed by atoms with van der Waals surface area (Å²) in [5.74, 6) is 0.718. The van der Waals surface area contributed by atoms with Gasteiger partial charge in [-0.2, -0.15) is 5.10 Å². The zero-order valence-electron chi connectivity index (χ0n) is 15.2. The minimum absolute atomic E-state index is 0.718. The normalized spacial score (nSPS) is 13.7. The molecule has 3 rings (SSSR count). The summed E-state index contributed by atoms with van der Waals surface area (Å²) >= 11 is 0. The van der Waals surface area contributed by atoms with Gasteiger partial charge in [-0.15, -0.1) is 0 Å². The molecule has 1 aliphatic heterocycles. The molecule has 132 valence electrons. The van der Waals surface area contributed by atoms with Gasteiger partial charge in [0.05, 0.1) is 12.3 Å². The van der Waals surface area contributed by atoms with E-state index < -0.39 is 0 Å². The first-order valence-electron chi connectivity index (χ1n) is 8.80. The molecular formula is C22H24N4. The molecule has 4 nitrogen and oxygen atoms in total. The van der Waals surface area contributed by atoms with E-state index in [1.165, 1.54) is 11.1 Å². The first kappa shape index (κ1) is 17.7. The van der Waals surface area contributed by atoms with E-state index in [-0.39, 0.29) is 0 Å². The molecule has 0 spiro atoms. The Labute approximate surface area is 155 Å². The van der Waals surface area contributed by atoms with Crippen LogP contribution < -0.4 is 10.7 Å². The third-order valence-corrected chi connectivity index (χ3v) is 3.94. The molecule has 26 heavy (non-hydrogen) atoms. The van der Waals surface area contributed by atoms with Crippen LogP contribution in [0.5, 0.6) is 0 Å². The molecule has 2 aromatic carbocycles. The molecule has 0 aliphatic carbocycles. The van der Waals surface area contributed by atoms with Crippen LogP contribution in [0.15, 0.2) is 70.8 Å². The maximum absolute atomic E-state index is 4.48. The van der Waals surface area contributed by atoms with Gasteiger partial charge in [0, 0.05) is 6.54 Å². The summed E-state index contributed by atoms with van der Waals surface area (Å²) in [7, 11) is 0. The Hall–Kier alpha value is -3.14. The van der Waals surface area contributed by atoms with E-state index in [0.29, 0.717) is 0 Å². The van der Waals surface area contributed by atoms with Crippen molar-refractivity contribution in [2.24, 2.45) is 10.1 Å². The van der Waals surface area contributed by atoms with Crippen LogP contribution in [0.25, 0.3) is 12.2 Å². The number of rotatable bonds is 5. The molecule has 4 heteroatoms. The van der Waals surface area contributed by atoms with Crippen LogP contribution in [0.3, 0.4) is 0 Å². The van der Waals surface area contributed by atoms with Crippen molar-refractivity contribution in [1.29, 1.82) is 0 Å². The van der Waals surface area contributed by atoms with Gasteiger partial charge in [0.15, 0.2) is 0 Å². The summed E-state index contributed by atoms with van der Waals surface area (Å²) < 4.78 is 0. The lowest BCUT2D eigenvalue weighted by Crippen LogP contribution is -2.30. The number of nitrogens with zero attached hydrogens (tertiary/aromatic N) is 2. The fourth-order valence-corrected chi connectivity index (χ4v) is 2.63. The van der Waals surface area contributed by atoms with Crippen LogP contribution in [-0.4, -0.2) is 24.8 Å². The summed E-state index contributed by atoms with van der Waals surface area (Å²) in [6, 6.07) is 16.8. The van der Waals surface area contributed by atoms with E-state index in [1.54, 1.807) is 0 Å². The lowest BCUT2D eigenvalue weighted by Gasteiger charge is -2.02. The molecule has 0 unspecified atom stereocenters. The monoisotopic (exact) mass is 344 g/mol. The number of hydrogen-bond donors (Lipinski definition) is 2. The van der Waals surface area contributed by atoms with Crippen LogP contribution in [0.2, 0.25) is 0 Å². The van der Waals surface area contributed by atoms with E-state index in [1.807, 2.05) is 12.2 Å². The molecule has 1 aliphatic rings. The topological polar surface area (TPSA) is 48.8 Å². The Balaban J connectivity index is 1.79. The van der Waals surface area contributed by atoms with Crippen LogP contribution >= 0.6 is 0 Å². The van der Waals surface area contributed by atoms with Gasteiger partial charge in [-0.1, -0.05) is 71.8 Å². The van der Waals surface area contributed by atoms with Crippen molar-refractivity contribution in [3.8, 4) is 0 Å². The zero-order chi connectivity index (χ0) is 18.2. The minimum atomic E-state index is 0.718. The molecule has 0 amide bonds. The van der Waals surface area contributed by atoms with Crippen molar-refractivity contribution in [1.82, 2.24) is 10.7 Å². The van der Waals surface area contributed by atoms with Gasteiger partial charge in [-0.05, 0) is 37.1 Å². The molecule has 0 saturated carbocycles. The van der Waals surface area contributed by atoms with E-state index in [9.17, 15) is 0 Å². The van der Waals surface area contributed by atoms with Crippen molar-refractivity contribution < 1.29 is 0 Å². The average Bonchev–Trinajstić information content (AvgIpc) is 3.15. The maximum Gasteiger partial charge on any atom is 0.212 e. The van der Waals surface area contributed by atoms with Gasteiger partial charge in [0.1, 0.15) is 0 Å². The Bertz CT molecular complexity index is 818. The number of hydrogen-bond acceptors (Lipinski definition) is 4. The van der Waals surface area contributed by atoms with Gasteiger partial charge in [-0.3, -0.25) is 0 Å². The molecule has 0 bridgehead atoms. The predicted octanol–water partition coefficient (Wildman–Crippen LogP) is 3.93. The standard InChI is InChI=1S/C22H24N4/c1-17-5-3-7-19(15-17)9-11-21(25-26-22-23-13-14-24-22)12-10-20-8-4-6-18(2)16-20/h3-12,15-16H,13-14H2,1-2H3,(H2,23,24,26). The van der Waals surface area contributed by atoms with Gasteiger partial charge in [0.25, 0.3) is 0 Å². The van der Waals surface area contributed by atoms with E-state index in [4.69, 9.17) is 0 Å². The number of nitrogens with one attached hydrogen (secondary N) is 2. The fraction of sp³-hybridized carbons (Fsp3) is 0.182. The van der Waals surface area contributed by atoms with Crippen molar-refractivity contribution in [2.45, 2.75) is 13.8 Å². The van der Waals surface area contributed by atoms with Gasteiger partial charge < -0.3 is 5.32 Å². The van der Waals surface area contributed by atoms with Crippen molar-refractivity contribution in [3.05, 3.63) is 82.9 Å². The smallest absolute Gasteiger partial charge is 0.212 e. The molecule has 1 heterocycles. The Morgan fingerprint density at radius 2 is 1.62 bits per heavy atom. The molecule has 0 radical (unpaired) electrons. The third-order valence-electron chi connectivity index (χ3n) is 3.94. The molecular weight excluding hydrogens is 320 g/mol. The highest BCUT2D eigenvalue weighted by Crippen LogP contribution is 2.08. The van der Waals surface area contributed by atoms with Gasteiger partial charge in [-0.25, -0.2) is 10.4 Å². The summed E-state index contributed by atoms with van der Waals surface area (Å²) in [6.45, 7) is 5.82. The van der Waals surface area contributed by atoms with Gasteiger partial charge in [0.2, 0.25) is 5.96 Å². The molecule has 2 N–H and O–H groups in total. The van der Waals surface area contributed by atoms with Crippen LogP contribution in [0.4, 0.5) is 0 Å². The number of aryl methyl sites for hydroxylation is 2. The van der Waals surface area contributed by atoms with Crippen LogP contribution in [-0.2, 0) is 0 Å². The molecule has 2 aromatic rings.